The number of nitrogens with zero attached hydrogens (tertiary/aromatic N) is 3. The summed E-state index contributed by atoms with van der Waals surface area (Å²) in [6.07, 6.45) is 0.457. The van der Waals surface area contributed by atoms with Gasteiger partial charge in [0.2, 0.25) is 5.91 Å². The van der Waals surface area contributed by atoms with Crippen molar-refractivity contribution in [1.82, 2.24) is 9.91 Å². The highest BCUT2D eigenvalue weighted by Crippen LogP contribution is 2.39. The molecule has 9 nitrogen and oxygen atoms in total. The molecular weight excluding hydrogens is 462 g/mol. The Kier molecular flexibility index (Phi) is 9.30. The molecule has 36 heavy (non-hydrogen) atoms. The van der Waals surface area contributed by atoms with E-state index in [0.29, 0.717) is 36.8 Å². The van der Waals surface area contributed by atoms with Crippen molar-refractivity contribution in [2.24, 2.45) is 11.0 Å². The number of hydrogen-bond donors (Lipinski definition) is 0. The zero-order chi connectivity index (χ0) is 26.2. The summed E-state index contributed by atoms with van der Waals surface area (Å²) in [6.45, 7) is 4.15. The third kappa shape index (κ3) is 6.15. The third-order valence-electron chi connectivity index (χ3n) is 6.06. The van der Waals surface area contributed by atoms with Gasteiger partial charge in [0.15, 0.2) is 0 Å². The van der Waals surface area contributed by atoms with Crippen LogP contribution in [0.25, 0.3) is 0 Å². The largest absolute Gasteiger partial charge is 0.497 e. The second-order valence-electron chi connectivity index (χ2n) is 8.75. The Morgan fingerprint density at radius 3 is 2.39 bits per heavy atom. The lowest BCUT2D eigenvalue weighted by Crippen LogP contribution is -2.44. The van der Waals surface area contributed by atoms with Gasteiger partial charge in [-0.25, -0.2) is 5.01 Å². The van der Waals surface area contributed by atoms with Gasteiger partial charge in [-0.2, -0.15) is 5.10 Å². The molecule has 0 aliphatic carbocycles. The van der Waals surface area contributed by atoms with E-state index in [1.807, 2.05) is 50.2 Å². The Bertz CT molecular complexity index is 1100. The van der Waals surface area contributed by atoms with Crippen LogP contribution >= 0.6 is 0 Å². The van der Waals surface area contributed by atoms with E-state index in [0.717, 1.165) is 16.8 Å². The number of hydrazone groups is 1. The Balaban J connectivity index is 2.01. The van der Waals surface area contributed by atoms with E-state index in [1.165, 1.54) is 9.91 Å². The van der Waals surface area contributed by atoms with Crippen LogP contribution in [-0.4, -0.2) is 75.6 Å². The van der Waals surface area contributed by atoms with Crippen LogP contribution in [0.5, 0.6) is 17.2 Å². The molecule has 2 aromatic carbocycles. The zero-order valence-electron chi connectivity index (χ0n) is 21.8. The van der Waals surface area contributed by atoms with Crippen LogP contribution in [0.3, 0.4) is 0 Å². The number of carbonyl (C=O) groups is 2. The molecule has 0 fully saturated rings. The SMILES string of the molecule is COCCN(CC(=O)N1N=C(c2cccc(OC)c2)CC1c1cc(OC)ccc1OC)C(=O)C(C)C. The molecule has 2 amide bonds. The number of rotatable bonds is 11. The first-order valence-corrected chi connectivity index (χ1v) is 11.9. The monoisotopic (exact) mass is 497 g/mol. The van der Waals surface area contributed by atoms with Gasteiger partial charge in [-0.15, -0.1) is 0 Å². The number of methoxy groups -OCH3 is 4. The molecule has 0 aromatic heterocycles. The minimum Gasteiger partial charge on any atom is -0.497 e. The van der Waals surface area contributed by atoms with Gasteiger partial charge in [-0.3, -0.25) is 9.59 Å². The average Bonchev–Trinajstić information content (AvgIpc) is 3.35. The van der Waals surface area contributed by atoms with Crippen molar-refractivity contribution in [3.8, 4) is 17.2 Å². The van der Waals surface area contributed by atoms with Crippen LogP contribution in [0.15, 0.2) is 47.6 Å². The van der Waals surface area contributed by atoms with Crippen molar-refractivity contribution in [1.29, 1.82) is 0 Å². The first-order valence-electron chi connectivity index (χ1n) is 11.9. The molecule has 1 atom stereocenters. The summed E-state index contributed by atoms with van der Waals surface area (Å²) >= 11 is 0. The Hall–Kier alpha value is -3.59. The minimum absolute atomic E-state index is 0.113. The lowest BCUT2D eigenvalue weighted by atomic mass is 9.97. The topological polar surface area (TPSA) is 89.9 Å². The Labute approximate surface area is 212 Å². The zero-order valence-corrected chi connectivity index (χ0v) is 21.8. The fourth-order valence-corrected chi connectivity index (χ4v) is 4.13. The first-order chi connectivity index (χ1) is 17.3. The Morgan fingerprint density at radius 2 is 1.75 bits per heavy atom. The summed E-state index contributed by atoms with van der Waals surface area (Å²) in [6, 6.07) is 12.6. The van der Waals surface area contributed by atoms with E-state index in [2.05, 4.69) is 0 Å². The highest BCUT2D eigenvalue weighted by molar-refractivity contribution is 6.03. The van der Waals surface area contributed by atoms with Gasteiger partial charge in [-0.05, 0) is 30.3 Å². The molecule has 0 spiro atoms. The maximum absolute atomic E-state index is 13.7. The molecule has 1 unspecified atom stereocenters. The molecule has 3 rings (SSSR count). The first kappa shape index (κ1) is 27.0. The van der Waals surface area contributed by atoms with Gasteiger partial charge in [0, 0.05) is 37.1 Å². The average molecular weight is 498 g/mol. The van der Waals surface area contributed by atoms with E-state index in [1.54, 1.807) is 34.5 Å². The number of carbonyl (C=O) groups excluding carboxylic acids is 2. The fourth-order valence-electron chi connectivity index (χ4n) is 4.13. The maximum Gasteiger partial charge on any atom is 0.262 e. The molecular formula is C27H35N3O6. The van der Waals surface area contributed by atoms with Crippen molar-refractivity contribution in [3.63, 3.8) is 0 Å². The highest BCUT2D eigenvalue weighted by atomic mass is 16.5. The van der Waals surface area contributed by atoms with Gasteiger partial charge < -0.3 is 23.8 Å². The predicted molar refractivity (Wildman–Crippen MR) is 137 cm³/mol. The number of hydrogen-bond acceptors (Lipinski definition) is 7. The van der Waals surface area contributed by atoms with E-state index in [9.17, 15) is 9.59 Å². The van der Waals surface area contributed by atoms with Crippen LogP contribution < -0.4 is 14.2 Å². The molecule has 0 radical (unpaired) electrons. The summed E-state index contributed by atoms with van der Waals surface area (Å²) in [5.74, 6) is 1.29. The summed E-state index contributed by atoms with van der Waals surface area (Å²) in [7, 11) is 6.35. The predicted octanol–water partition coefficient (Wildman–Crippen LogP) is 3.52. The van der Waals surface area contributed by atoms with E-state index in [4.69, 9.17) is 24.0 Å². The molecule has 0 N–H and O–H groups in total. The molecule has 1 heterocycles. The lowest BCUT2D eigenvalue weighted by molar-refractivity contribution is -0.143. The van der Waals surface area contributed by atoms with Gasteiger partial charge in [0.05, 0.1) is 39.7 Å². The summed E-state index contributed by atoms with van der Waals surface area (Å²) < 4.78 is 21.6. The maximum atomic E-state index is 13.7. The van der Waals surface area contributed by atoms with Gasteiger partial charge in [-0.1, -0.05) is 26.0 Å². The summed E-state index contributed by atoms with van der Waals surface area (Å²) in [5, 5.41) is 6.20. The van der Waals surface area contributed by atoms with Crippen molar-refractivity contribution in [3.05, 3.63) is 53.6 Å². The van der Waals surface area contributed by atoms with Crippen LogP contribution in [-0.2, 0) is 14.3 Å². The van der Waals surface area contributed by atoms with Crippen molar-refractivity contribution in [2.45, 2.75) is 26.3 Å². The summed E-state index contributed by atoms with van der Waals surface area (Å²) in [5.41, 5.74) is 2.35. The molecule has 9 heteroatoms. The van der Waals surface area contributed by atoms with Crippen molar-refractivity contribution in [2.75, 3.05) is 48.1 Å². The molecule has 0 saturated carbocycles. The van der Waals surface area contributed by atoms with Crippen LogP contribution in [0, 0.1) is 5.92 Å². The minimum atomic E-state index is -0.442. The summed E-state index contributed by atoms with van der Waals surface area (Å²) in [4.78, 5) is 28.0. The molecule has 194 valence electrons. The molecule has 1 aliphatic heterocycles. The second kappa shape index (κ2) is 12.4. The van der Waals surface area contributed by atoms with E-state index in [-0.39, 0.29) is 24.3 Å². The second-order valence-corrected chi connectivity index (χ2v) is 8.75. The number of amides is 2. The molecule has 2 aromatic rings. The quantitative estimate of drug-likeness (QED) is 0.472. The van der Waals surface area contributed by atoms with Gasteiger partial charge in [0.1, 0.15) is 23.8 Å². The normalized spacial score (nSPS) is 15.0. The Morgan fingerprint density at radius 1 is 1.03 bits per heavy atom. The van der Waals surface area contributed by atoms with Crippen molar-refractivity contribution >= 4 is 17.5 Å². The molecule has 0 saturated heterocycles. The van der Waals surface area contributed by atoms with E-state index >= 15 is 0 Å². The van der Waals surface area contributed by atoms with Gasteiger partial charge in [0.25, 0.3) is 5.91 Å². The van der Waals surface area contributed by atoms with E-state index < -0.39 is 6.04 Å². The standard InChI is InChI=1S/C27H35N3O6/c1-18(2)27(32)29(12-13-33-3)17-26(31)30-24(22-15-21(35-5)10-11-25(22)36-6)16-23(28-30)19-8-7-9-20(14-19)34-4/h7-11,14-15,18,24H,12-13,16-17H2,1-6H3. The van der Waals surface area contributed by atoms with Crippen molar-refractivity contribution < 1.29 is 28.5 Å². The van der Waals surface area contributed by atoms with Crippen LogP contribution in [0.4, 0.5) is 0 Å². The number of benzene rings is 2. The van der Waals surface area contributed by atoms with Crippen LogP contribution in [0.2, 0.25) is 0 Å². The smallest absolute Gasteiger partial charge is 0.262 e. The molecule has 0 bridgehead atoms. The van der Waals surface area contributed by atoms with Gasteiger partial charge >= 0.3 is 0 Å². The lowest BCUT2D eigenvalue weighted by Gasteiger charge is -2.28. The molecule has 1 aliphatic rings. The fraction of sp³-hybridized carbons (Fsp3) is 0.444. The van der Waals surface area contributed by atoms with Crippen LogP contribution in [0.1, 0.15) is 37.4 Å². The third-order valence-corrected chi connectivity index (χ3v) is 6.06. The number of ether oxygens (including phenoxy) is 4. The highest BCUT2D eigenvalue weighted by Gasteiger charge is 2.36.